The van der Waals surface area contributed by atoms with Gasteiger partial charge >= 0.3 is 0 Å². The van der Waals surface area contributed by atoms with Crippen molar-refractivity contribution >= 4 is 29.2 Å². The van der Waals surface area contributed by atoms with E-state index in [1.807, 2.05) is 51.1 Å². The first-order valence-corrected chi connectivity index (χ1v) is 9.05. The highest BCUT2D eigenvalue weighted by molar-refractivity contribution is 5.69. The first-order valence-electron chi connectivity index (χ1n) is 9.05. The van der Waals surface area contributed by atoms with E-state index < -0.39 is 0 Å². The van der Waals surface area contributed by atoms with Crippen LogP contribution in [0.15, 0.2) is 48.7 Å². The number of aromatic nitrogens is 2. The molecule has 3 aromatic rings. The van der Waals surface area contributed by atoms with Crippen molar-refractivity contribution in [3.63, 3.8) is 0 Å². The molecule has 0 saturated carbocycles. The van der Waals surface area contributed by atoms with E-state index in [4.69, 9.17) is 10.5 Å². The SMILES string of the molecule is Cc1cc(Nc2nccc(Nc3c(C)cc(/C=C/C#N)cc3C)n2)ccc1C#N. The highest BCUT2D eigenvalue weighted by Crippen LogP contribution is 2.26. The summed E-state index contributed by atoms with van der Waals surface area (Å²) in [5.74, 6) is 1.13. The largest absolute Gasteiger partial charge is 0.340 e. The lowest BCUT2D eigenvalue weighted by Crippen LogP contribution is -2.03. The number of nitrogens with zero attached hydrogens (tertiary/aromatic N) is 4. The number of hydrogen-bond acceptors (Lipinski definition) is 6. The van der Waals surface area contributed by atoms with Crippen molar-refractivity contribution in [3.05, 3.63) is 76.5 Å². The first kappa shape index (κ1) is 19.6. The van der Waals surface area contributed by atoms with Gasteiger partial charge < -0.3 is 10.6 Å². The molecule has 2 N–H and O–H groups in total. The van der Waals surface area contributed by atoms with Gasteiger partial charge in [-0.15, -0.1) is 0 Å². The van der Waals surface area contributed by atoms with Gasteiger partial charge in [0.2, 0.25) is 5.95 Å². The van der Waals surface area contributed by atoms with Gasteiger partial charge in [0.25, 0.3) is 0 Å². The average Bonchev–Trinajstić information content (AvgIpc) is 2.69. The molecule has 0 aliphatic carbocycles. The zero-order valence-electron chi connectivity index (χ0n) is 16.5. The smallest absolute Gasteiger partial charge is 0.229 e. The van der Waals surface area contributed by atoms with E-state index in [1.54, 1.807) is 24.4 Å². The molecular weight excluding hydrogens is 360 g/mol. The molecular formula is C23H20N6. The Morgan fingerprint density at radius 3 is 2.34 bits per heavy atom. The number of benzene rings is 2. The predicted octanol–water partition coefficient (Wildman–Crippen LogP) is 5.30. The third-order valence-electron chi connectivity index (χ3n) is 4.42. The second kappa shape index (κ2) is 8.69. The number of anilines is 4. The Morgan fingerprint density at radius 1 is 0.931 bits per heavy atom. The zero-order chi connectivity index (χ0) is 20.8. The summed E-state index contributed by atoms with van der Waals surface area (Å²) in [4.78, 5) is 8.81. The molecule has 0 saturated heterocycles. The van der Waals surface area contributed by atoms with Crippen molar-refractivity contribution in [3.8, 4) is 12.1 Å². The molecule has 0 bridgehead atoms. The zero-order valence-corrected chi connectivity index (χ0v) is 16.5. The lowest BCUT2D eigenvalue weighted by Gasteiger charge is -2.14. The van der Waals surface area contributed by atoms with E-state index in [1.165, 1.54) is 6.08 Å². The summed E-state index contributed by atoms with van der Waals surface area (Å²) in [6.07, 6.45) is 4.94. The standard InChI is InChI=1S/C23H20N6/c1-15-13-20(7-6-19(15)14-25)27-23-26-10-8-21(29-23)28-22-16(2)11-18(5-4-9-24)12-17(22)3/h4-8,10-13H,1-3H3,(H2,26,27,28,29)/b5-4+. The van der Waals surface area contributed by atoms with Gasteiger partial charge in [0, 0.05) is 23.6 Å². The average molecular weight is 380 g/mol. The highest BCUT2D eigenvalue weighted by atomic mass is 15.1. The monoisotopic (exact) mass is 380 g/mol. The maximum Gasteiger partial charge on any atom is 0.229 e. The quantitative estimate of drug-likeness (QED) is 0.583. The fraction of sp³-hybridized carbons (Fsp3) is 0.130. The molecule has 0 unspecified atom stereocenters. The van der Waals surface area contributed by atoms with Crippen molar-refractivity contribution in [2.24, 2.45) is 0 Å². The van der Waals surface area contributed by atoms with Crippen LogP contribution in [0.3, 0.4) is 0 Å². The van der Waals surface area contributed by atoms with Crippen molar-refractivity contribution < 1.29 is 0 Å². The Hall–Kier alpha value is -4.16. The van der Waals surface area contributed by atoms with Gasteiger partial charge in [0.1, 0.15) is 5.82 Å². The van der Waals surface area contributed by atoms with Crippen molar-refractivity contribution in [2.45, 2.75) is 20.8 Å². The predicted molar refractivity (Wildman–Crippen MR) is 115 cm³/mol. The maximum atomic E-state index is 9.06. The van der Waals surface area contributed by atoms with Gasteiger partial charge in [0.05, 0.1) is 17.7 Å². The molecule has 0 radical (unpaired) electrons. The van der Waals surface area contributed by atoms with Crippen LogP contribution in [-0.2, 0) is 0 Å². The first-order chi connectivity index (χ1) is 14.0. The second-order valence-electron chi connectivity index (χ2n) is 6.65. The van der Waals surface area contributed by atoms with E-state index in [9.17, 15) is 0 Å². The van der Waals surface area contributed by atoms with E-state index >= 15 is 0 Å². The van der Waals surface area contributed by atoms with E-state index in [0.717, 1.165) is 33.6 Å². The molecule has 1 heterocycles. The van der Waals surface area contributed by atoms with E-state index in [-0.39, 0.29) is 0 Å². The van der Waals surface area contributed by atoms with Crippen molar-refractivity contribution in [1.29, 1.82) is 10.5 Å². The van der Waals surface area contributed by atoms with Crippen molar-refractivity contribution in [2.75, 3.05) is 10.6 Å². The number of rotatable bonds is 5. The molecule has 0 spiro atoms. The van der Waals surface area contributed by atoms with Crippen LogP contribution in [0, 0.1) is 43.4 Å². The molecule has 0 atom stereocenters. The normalized spacial score (nSPS) is 10.4. The van der Waals surface area contributed by atoms with Crippen LogP contribution in [0.25, 0.3) is 6.08 Å². The highest BCUT2D eigenvalue weighted by Gasteiger charge is 2.07. The topological polar surface area (TPSA) is 97.4 Å². The molecule has 6 heteroatoms. The second-order valence-corrected chi connectivity index (χ2v) is 6.65. The van der Waals surface area contributed by atoms with E-state index in [0.29, 0.717) is 17.3 Å². The molecule has 2 aromatic carbocycles. The molecule has 6 nitrogen and oxygen atoms in total. The third kappa shape index (κ3) is 4.77. The maximum absolute atomic E-state index is 9.06. The molecule has 3 rings (SSSR count). The number of allylic oxidation sites excluding steroid dienone is 1. The molecule has 0 aliphatic rings. The minimum absolute atomic E-state index is 0.461. The summed E-state index contributed by atoms with van der Waals surface area (Å²) in [5.41, 5.74) is 6.41. The number of aryl methyl sites for hydroxylation is 3. The minimum atomic E-state index is 0.461. The van der Waals surface area contributed by atoms with Gasteiger partial charge in [-0.05, 0) is 85.5 Å². The molecule has 142 valence electrons. The van der Waals surface area contributed by atoms with Crippen LogP contribution in [0.2, 0.25) is 0 Å². The molecule has 0 amide bonds. The lowest BCUT2D eigenvalue weighted by molar-refractivity contribution is 1.16. The molecule has 0 aliphatic heterocycles. The number of nitrogens with one attached hydrogen (secondary N) is 2. The van der Waals surface area contributed by atoms with Crippen molar-refractivity contribution in [1.82, 2.24) is 9.97 Å². The van der Waals surface area contributed by atoms with E-state index in [2.05, 4.69) is 26.7 Å². The summed E-state index contributed by atoms with van der Waals surface area (Å²) in [5, 5.41) is 24.3. The summed E-state index contributed by atoms with van der Waals surface area (Å²) < 4.78 is 0. The Morgan fingerprint density at radius 2 is 1.69 bits per heavy atom. The molecule has 0 fully saturated rings. The van der Waals surface area contributed by atoms with Gasteiger partial charge in [-0.2, -0.15) is 15.5 Å². The van der Waals surface area contributed by atoms with Crippen LogP contribution >= 0.6 is 0 Å². The van der Waals surface area contributed by atoms with Crippen LogP contribution in [-0.4, -0.2) is 9.97 Å². The lowest BCUT2D eigenvalue weighted by atomic mass is 10.0. The van der Waals surface area contributed by atoms with Crippen LogP contribution in [0.5, 0.6) is 0 Å². The Balaban J connectivity index is 1.82. The summed E-state index contributed by atoms with van der Waals surface area (Å²) in [6.45, 7) is 5.92. The van der Waals surface area contributed by atoms with Crippen LogP contribution in [0.4, 0.5) is 23.1 Å². The van der Waals surface area contributed by atoms with Gasteiger partial charge in [-0.1, -0.05) is 0 Å². The minimum Gasteiger partial charge on any atom is -0.340 e. The summed E-state index contributed by atoms with van der Waals surface area (Å²) >= 11 is 0. The molecule has 29 heavy (non-hydrogen) atoms. The summed E-state index contributed by atoms with van der Waals surface area (Å²) in [7, 11) is 0. The fourth-order valence-corrected chi connectivity index (χ4v) is 3.04. The Kier molecular flexibility index (Phi) is 5.87. The Bertz CT molecular complexity index is 1140. The van der Waals surface area contributed by atoms with Gasteiger partial charge in [0.15, 0.2) is 0 Å². The fourth-order valence-electron chi connectivity index (χ4n) is 3.04. The number of hydrogen-bond donors (Lipinski definition) is 2. The summed E-state index contributed by atoms with van der Waals surface area (Å²) in [6, 6.07) is 15.5. The van der Waals surface area contributed by atoms with Gasteiger partial charge in [-0.3, -0.25) is 0 Å². The number of nitriles is 2. The molecule has 1 aromatic heterocycles. The third-order valence-corrected chi connectivity index (χ3v) is 4.42. The Labute approximate surface area is 170 Å². The van der Waals surface area contributed by atoms with Crippen LogP contribution in [0.1, 0.15) is 27.8 Å². The van der Waals surface area contributed by atoms with Gasteiger partial charge in [-0.25, -0.2) is 4.98 Å². The van der Waals surface area contributed by atoms with Crippen LogP contribution < -0.4 is 10.6 Å².